The zero-order valence-corrected chi connectivity index (χ0v) is 13.8. The molecule has 3 rings (SSSR count). The molecule has 2 aromatic carbocycles. The van der Waals surface area contributed by atoms with E-state index in [0.717, 1.165) is 0 Å². The molecule has 0 fully saturated rings. The van der Waals surface area contributed by atoms with Crippen LogP contribution in [0.15, 0.2) is 48.7 Å². The zero-order valence-electron chi connectivity index (χ0n) is 12.3. The number of hydrogen-bond acceptors (Lipinski definition) is 5. The van der Waals surface area contributed by atoms with E-state index in [1.807, 2.05) is 0 Å². The van der Waals surface area contributed by atoms with E-state index in [-0.39, 0.29) is 18.3 Å². The number of aromatic nitrogens is 3. The monoisotopic (exact) mass is 363 g/mol. The predicted octanol–water partition coefficient (Wildman–Crippen LogP) is 4.67. The van der Waals surface area contributed by atoms with Gasteiger partial charge in [-0.1, -0.05) is 41.4 Å². The Morgan fingerprint density at radius 3 is 2.67 bits per heavy atom. The molecular formula is C16H12Cl2FN5. The first-order valence-corrected chi connectivity index (χ1v) is 7.76. The molecule has 1 aromatic heterocycles. The molecule has 1 heterocycles. The van der Waals surface area contributed by atoms with Crippen LogP contribution in [0.2, 0.25) is 10.0 Å². The Kier molecular flexibility index (Phi) is 5.08. The van der Waals surface area contributed by atoms with Crippen molar-refractivity contribution in [2.75, 3.05) is 10.6 Å². The lowest BCUT2D eigenvalue weighted by molar-refractivity contribution is 0.613. The predicted molar refractivity (Wildman–Crippen MR) is 93.3 cm³/mol. The Balaban J connectivity index is 1.69. The molecule has 0 aliphatic heterocycles. The summed E-state index contributed by atoms with van der Waals surface area (Å²) in [4.78, 5) is 4.27. The molecule has 0 radical (unpaired) electrons. The van der Waals surface area contributed by atoms with Crippen molar-refractivity contribution in [2.45, 2.75) is 6.54 Å². The summed E-state index contributed by atoms with van der Waals surface area (Å²) < 4.78 is 13.6. The van der Waals surface area contributed by atoms with Crippen molar-refractivity contribution in [3.05, 3.63) is 70.1 Å². The van der Waals surface area contributed by atoms with E-state index in [2.05, 4.69) is 25.8 Å². The van der Waals surface area contributed by atoms with E-state index in [1.165, 1.54) is 12.3 Å². The van der Waals surface area contributed by atoms with Crippen LogP contribution in [0.1, 0.15) is 5.56 Å². The van der Waals surface area contributed by atoms with Crippen LogP contribution in [0, 0.1) is 5.82 Å². The van der Waals surface area contributed by atoms with Crippen LogP contribution in [-0.2, 0) is 6.54 Å². The summed E-state index contributed by atoms with van der Waals surface area (Å²) in [6.07, 6.45) is 1.46. The van der Waals surface area contributed by atoms with Crippen LogP contribution < -0.4 is 10.6 Å². The molecule has 0 aliphatic carbocycles. The van der Waals surface area contributed by atoms with Gasteiger partial charge in [0.2, 0.25) is 5.95 Å². The highest BCUT2D eigenvalue weighted by Gasteiger charge is 2.05. The average molecular weight is 364 g/mol. The van der Waals surface area contributed by atoms with Gasteiger partial charge in [-0.15, -0.1) is 5.10 Å². The minimum absolute atomic E-state index is 0.277. The van der Waals surface area contributed by atoms with Gasteiger partial charge in [0, 0.05) is 17.8 Å². The van der Waals surface area contributed by atoms with Gasteiger partial charge in [-0.05, 0) is 24.3 Å². The van der Waals surface area contributed by atoms with Gasteiger partial charge in [-0.3, -0.25) is 0 Å². The van der Waals surface area contributed by atoms with Gasteiger partial charge in [-0.25, -0.2) is 4.39 Å². The van der Waals surface area contributed by atoms with Crippen LogP contribution in [0.25, 0.3) is 0 Å². The Morgan fingerprint density at radius 1 is 1.04 bits per heavy atom. The molecule has 0 saturated heterocycles. The van der Waals surface area contributed by atoms with Gasteiger partial charge in [0.15, 0.2) is 5.82 Å². The SMILES string of the molecule is Fc1ccccc1CNc1cnnc(Nc2ccc(Cl)c(Cl)c2)n1. The molecule has 0 amide bonds. The molecule has 0 atom stereocenters. The maximum atomic E-state index is 13.6. The Morgan fingerprint density at radius 2 is 1.88 bits per heavy atom. The summed E-state index contributed by atoms with van der Waals surface area (Å²) >= 11 is 11.8. The second-order valence-corrected chi connectivity index (χ2v) is 5.68. The molecular weight excluding hydrogens is 352 g/mol. The highest BCUT2D eigenvalue weighted by molar-refractivity contribution is 6.42. The highest BCUT2D eigenvalue weighted by Crippen LogP contribution is 2.26. The number of hydrogen-bond donors (Lipinski definition) is 2. The minimum atomic E-state index is -0.277. The molecule has 2 N–H and O–H groups in total. The number of halogens is 3. The van der Waals surface area contributed by atoms with Crippen LogP contribution in [-0.4, -0.2) is 15.2 Å². The van der Waals surface area contributed by atoms with E-state index >= 15 is 0 Å². The number of nitrogens with one attached hydrogen (secondary N) is 2. The molecule has 0 aliphatic rings. The molecule has 0 bridgehead atoms. The minimum Gasteiger partial charge on any atom is -0.364 e. The normalized spacial score (nSPS) is 10.5. The summed E-state index contributed by atoms with van der Waals surface area (Å²) in [7, 11) is 0. The number of rotatable bonds is 5. The lowest BCUT2D eigenvalue weighted by atomic mass is 10.2. The van der Waals surface area contributed by atoms with E-state index < -0.39 is 0 Å². The number of benzene rings is 2. The second-order valence-electron chi connectivity index (χ2n) is 4.86. The maximum Gasteiger partial charge on any atom is 0.249 e. The van der Waals surface area contributed by atoms with E-state index in [4.69, 9.17) is 23.2 Å². The van der Waals surface area contributed by atoms with Crippen molar-refractivity contribution in [1.82, 2.24) is 15.2 Å². The fraction of sp³-hybridized carbons (Fsp3) is 0.0625. The fourth-order valence-electron chi connectivity index (χ4n) is 1.97. The molecule has 8 heteroatoms. The van der Waals surface area contributed by atoms with Crippen molar-refractivity contribution in [2.24, 2.45) is 0 Å². The Hall–Kier alpha value is -2.44. The van der Waals surface area contributed by atoms with Crippen molar-refractivity contribution in [1.29, 1.82) is 0 Å². The third kappa shape index (κ3) is 4.10. The van der Waals surface area contributed by atoms with Gasteiger partial charge < -0.3 is 10.6 Å². The molecule has 0 saturated carbocycles. The van der Waals surface area contributed by atoms with E-state index in [1.54, 1.807) is 36.4 Å². The maximum absolute atomic E-state index is 13.6. The summed E-state index contributed by atoms with van der Waals surface area (Å²) in [6.45, 7) is 0.289. The van der Waals surface area contributed by atoms with Crippen molar-refractivity contribution < 1.29 is 4.39 Å². The van der Waals surface area contributed by atoms with Gasteiger partial charge in [0.1, 0.15) is 5.82 Å². The van der Waals surface area contributed by atoms with Gasteiger partial charge in [-0.2, -0.15) is 10.1 Å². The average Bonchev–Trinajstić information content (AvgIpc) is 2.58. The number of nitrogens with zero attached hydrogens (tertiary/aromatic N) is 3. The standard InChI is InChI=1S/C16H12Cl2FN5/c17-12-6-5-11(7-13(12)18)22-16-23-15(9-21-24-16)20-8-10-3-1-2-4-14(10)19/h1-7,9H,8H2,(H2,20,22,23,24). The van der Waals surface area contributed by atoms with Crippen LogP contribution >= 0.6 is 23.2 Å². The van der Waals surface area contributed by atoms with E-state index in [0.29, 0.717) is 27.1 Å². The van der Waals surface area contributed by atoms with Crippen molar-refractivity contribution in [3.8, 4) is 0 Å². The third-order valence-electron chi connectivity index (χ3n) is 3.15. The lowest BCUT2D eigenvalue weighted by Crippen LogP contribution is -2.06. The summed E-state index contributed by atoms with van der Waals surface area (Å²) in [5.74, 6) is 0.476. The molecule has 122 valence electrons. The van der Waals surface area contributed by atoms with Crippen molar-refractivity contribution in [3.63, 3.8) is 0 Å². The summed E-state index contributed by atoms with van der Waals surface area (Å²) in [5.41, 5.74) is 1.22. The summed E-state index contributed by atoms with van der Waals surface area (Å²) in [5, 5.41) is 14.6. The van der Waals surface area contributed by atoms with Crippen LogP contribution in [0.5, 0.6) is 0 Å². The first-order valence-electron chi connectivity index (χ1n) is 7.01. The van der Waals surface area contributed by atoms with Gasteiger partial charge in [0.25, 0.3) is 0 Å². The zero-order chi connectivity index (χ0) is 16.9. The summed E-state index contributed by atoms with van der Waals surface area (Å²) in [6, 6.07) is 11.6. The first-order chi connectivity index (χ1) is 11.6. The fourth-order valence-corrected chi connectivity index (χ4v) is 2.27. The number of anilines is 3. The molecule has 0 unspecified atom stereocenters. The molecule has 0 spiro atoms. The quantitative estimate of drug-likeness (QED) is 0.689. The van der Waals surface area contributed by atoms with Crippen molar-refractivity contribution >= 4 is 40.7 Å². The van der Waals surface area contributed by atoms with E-state index in [9.17, 15) is 4.39 Å². The molecule has 24 heavy (non-hydrogen) atoms. The van der Waals surface area contributed by atoms with Crippen LogP contribution in [0.4, 0.5) is 21.8 Å². The topological polar surface area (TPSA) is 62.7 Å². The van der Waals surface area contributed by atoms with Gasteiger partial charge in [0.05, 0.1) is 16.2 Å². The van der Waals surface area contributed by atoms with Gasteiger partial charge >= 0.3 is 0 Å². The lowest BCUT2D eigenvalue weighted by Gasteiger charge is -2.08. The Labute approximate surface area is 147 Å². The second kappa shape index (κ2) is 7.42. The largest absolute Gasteiger partial charge is 0.364 e. The smallest absolute Gasteiger partial charge is 0.249 e. The highest BCUT2D eigenvalue weighted by atomic mass is 35.5. The third-order valence-corrected chi connectivity index (χ3v) is 3.89. The Bertz CT molecular complexity index is 859. The molecule has 5 nitrogen and oxygen atoms in total. The molecule has 3 aromatic rings. The first kappa shape index (κ1) is 16.4. The van der Waals surface area contributed by atoms with Crippen LogP contribution in [0.3, 0.4) is 0 Å².